The molecule has 19 heavy (non-hydrogen) atoms. The van der Waals surface area contributed by atoms with Gasteiger partial charge in [-0.2, -0.15) is 0 Å². The molecule has 1 heterocycles. The van der Waals surface area contributed by atoms with Gasteiger partial charge in [0.1, 0.15) is 11.5 Å². The molecular formula is C16H25NO2. The molecule has 0 amide bonds. The molecule has 0 saturated carbocycles. The van der Waals surface area contributed by atoms with Crippen molar-refractivity contribution in [3.05, 3.63) is 23.3 Å². The smallest absolute Gasteiger partial charge is 0.122 e. The zero-order valence-electron chi connectivity index (χ0n) is 12.3. The molecule has 106 valence electrons. The van der Waals surface area contributed by atoms with Crippen molar-refractivity contribution in [2.75, 3.05) is 27.3 Å². The molecule has 0 aromatic heterocycles. The van der Waals surface area contributed by atoms with Crippen LogP contribution in [0.25, 0.3) is 0 Å². The van der Waals surface area contributed by atoms with Crippen molar-refractivity contribution in [2.45, 2.75) is 32.6 Å². The first-order valence-electron chi connectivity index (χ1n) is 7.16. The normalized spacial score (nSPS) is 19.2. The second kappa shape index (κ2) is 6.80. The predicted molar refractivity (Wildman–Crippen MR) is 78.2 cm³/mol. The number of hydrogen-bond donors (Lipinski definition) is 1. The van der Waals surface area contributed by atoms with Gasteiger partial charge < -0.3 is 14.8 Å². The number of nitrogens with one attached hydrogen (secondary N) is 1. The van der Waals surface area contributed by atoms with Crippen molar-refractivity contribution in [3.63, 3.8) is 0 Å². The van der Waals surface area contributed by atoms with Gasteiger partial charge in [0, 0.05) is 0 Å². The lowest BCUT2D eigenvalue weighted by molar-refractivity contribution is 0.353. The van der Waals surface area contributed by atoms with Crippen LogP contribution >= 0.6 is 0 Å². The van der Waals surface area contributed by atoms with Gasteiger partial charge in [0.2, 0.25) is 0 Å². The Bertz CT molecular complexity index is 411. The first-order chi connectivity index (χ1) is 9.24. The van der Waals surface area contributed by atoms with E-state index in [2.05, 4.69) is 24.4 Å². The molecule has 0 aliphatic carbocycles. The minimum absolute atomic E-state index is 0.797. The van der Waals surface area contributed by atoms with Crippen LogP contribution in [0.4, 0.5) is 0 Å². The summed E-state index contributed by atoms with van der Waals surface area (Å²) in [5.41, 5.74) is 2.39. The van der Waals surface area contributed by atoms with E-state index in [1.54, 1.807) is 14.2 Å². The number of aryl methyl sites for hydroxylation is 2. The number of rotatable bonds is 5. The van der Waals surface area contributed by atoms with Gasteiger partial charge in [-0.1, -0.05) is 0 Å². The largest absolute Gasteiger partial charge is 0.496 e. The van der Waals surface area contributed by atoms with E-state index >= 15 is 0 Å². The van der Waals surface area contributed by atoms with Crippen LogP contribution in [0.5, 0.6) is 11.5 Å². The van der Waals surface area contributed by atoms with Crippen LogP contribution < -0.4 is 14.8 Å². The number of ether oxygens (including phenoxy) is 2. The molecule has 1 aliphatic heterocycles. The first-order valence-corrected chi connectivity index (χ1v) is 7.16. The minimum atomic E-state index is 0.797. The monoisotopic (exact) mass is 263 g/mol. The Labute approximate surface area is 116 Å². The predicted octanol–water partition coefficient (Wildman–Crippen LogP) is 2.94. The maximum atomic E-state index is 5.49. The fourth-order valence-corrected chi connectivity index (χ4v) is 2.84. The van der Waals surface area contributed by atoms with Gasteiger partial charge in [-0.3, -0.25) is 0 Å². The summed E-state index contributed by atoms with van der Waals surface area (Å²) in [6, 6.07) is 4.21. The molecule has 3 nitrogen and oxygen atoms in total. The van der Waals surface area contributed by atoms with E-state index in [9.17, 15) is 0 Å². The van der Waals surface area contributed by atoms with Gasteiger partial charge in [0.15, 0.2) is 0 Å². The molecule has 1 N–H and O–H groups in total. The number of piperidine rings is 1. The topological polar surface area (TPSA) is 30.5 Å². The third kappa shape index (κ3) is 3.63. The molecule has 0 bridgehead atoms. The second-order valence-corrected chi connectivity index (χ2v) is 5.38. The van der Waals surface area contributed by atoms with Crippen LogP contribution in [-0.4, -0.2) is 27.3 Å². The Hall–Kier alpha value is -1.22. The molecular weight excluding hydrogens is 238 g/mol. The molecule has 2 rings (SSSR count). The first kappa shape index (κ1) is 14.2. The average molecular weight is 263 g/mol. The fourth-order valence-electron chi connectivity index (χ4n) is 2.84. The summed E-state index contributed by atoms with van der Waals surface area (Å²) in [5, 5.41) is 3.48. The highest BCUT2D eigenvalue weighted by atomic mass is 16.5. The zero-order chi connectivity index (χ0) is 13.7. The number of benzene rings is 1. The van der Waals surface area contributed by atoms with Crippen LogP contribution in [0.15, 0.2) is 12.1 Å². The quantitative estimate of drug-likeness (QED) is 0.886. The molecule has 0 spiro atoms. The Morgan fingerprint density at radius 3 is 2.63 bits per heavy atom. The highest BCUT2D eigenvalue weighted by Crippen LogP contribution is 2.30. The lowest BCUT2D eigenvalue weighted by Crippen LogP contribution is -2.29. The van der Waals surface area contributed by atoms with Gasteiger partial charge in [-0.15, -0.1) is 0 Å². The van der Waals surface area contributed by atoms with Gasteiger partial charge >= 0.3 is 0 Å². The van der Waals surface area contributed by atoms with Gasteiger partial charge in [-0.25, -0.2) is 0 Å². The van der Waals surface area contributed by atoms with E-state index in [1.165, 1.54) is 31.4 Å². The van der Waals surface area contributed by atoms with Crippen LogP contribution in [0.2, 0.25) is 0 Å². The molecule has 1 atom stereocenters. The summed E-state index contributed by atoms with van der Waals surface area (Å²) in [4.78, 5) is 0. The standard InChI is InChI=1S/C16H25NO2/c1-12-9-16(19-3)14(10-15(12)18-2)7-6-13-5-4-8-17-11-13/h9-10,13,17H,4-8,11H2,1-3H3. The average Bonchev–Trinajstić information content (AvgIpc) is 2.46. The summed E-state index contributed by atoms with van der Waals surface area (Å²) < 4.78 is 10.9. The maximum Gasteiger partial charge on any atom is 0.122 e. The highest BCUT2D eigenvalue weighted by molar-refractivity contribution is 5.46. The van der Waals surface area contributed by atoms with E-state index in [0.717, 1.165) is 35.9 Å². The Morgan fingerprint density at radius 1 is 1.21 bits per heavy atom. The summed E-state index contributed by atoms with van der Waals surface area (Å²) in [6.07, 6.45) is 4.93. The van der Waals surface area contributed by atoms with Crippen molar-refractivity contribution in [1.29, 1.82) is 0 Å². The maximum absolute atomic E-state index is 5.49. The van der Waals surface area contributed by atoms with E-state index < -0.39 is 0 Å². The van der Waals surface area contributed by atoms with Crippen LogP contribution in [0.1, 0.15) is 30.4 Å². The zero-order valence-corrected chi connectivity index (χ0v) is 12.3. The lowest BCUT2D eigenvalue weighted by atomic mass is 9.92. The van der Waals surface area contributed by atoms with E-state index in [4.69, 9.17) is 9.47 Å². The van der Waals surface area contributed by atoms with Crippen molar-refractivity contribution >= 4 is 0 Å². The molecule has 1 saturated heterocycles. The Kier molecular flexibility index (Phi) is 5.08. The summed E-state index contributed by atoms with van der Waals surface area (Å²) in [7, 11) is 3.47. The molecule has 0 radical (unpaired) electrons. The second-order valence-electron chi connectivity index (χ2n) is 5.38. The van der Waals surface area contributed by atoms with Crippen LogP contribution in [0.3, 0.4) is 0 Å². The fraction of sp³-hybridized carbons (Fsp3) is 0.625. The van der Waals surface area contributed by atoms with Crippen molar-refractivity contribution in [3.8, 4) is 11.5 Å². The molecule has 1 aromatic carbocycles. The summed E-state index contributed by atoms with van der Waals surface area (Å²) in [5.74, 6) is 2.74. The Balaban J connectivity index is 2.05. The van der Waals surface area contributed by atoms with Crippen LogP contribution in [0, 0.1) is 12.8 Å². The molecule has 1 unspecified atom stereocenters. The highest BCUT2D eigenvalue weighted by Gasteiger charge is 2.15. The molecule has 1 aromatic rings. The third-order valence-corrected chi connectivity index (χ3v) is 4.02. The van der Waals surface area contributed by atoms with Crippen molar-refractivity contribution < 1.29 is 9.47 Å². The van der Waals surface area contributed by atoms with E-state index in [-0.39, 0.29) is 0 Å². The van der Waals surface area contributed by atoms with E-state index in [0.29, 0.717) is 0 Å². The molecule has 3 heteroatoms. The third-order valence-electron chi connectivity index (χ3n) is 4.02. The van der Waals surface area contributed by atoms with Crippen molar-refractivity contribution in [2.24, 2.45) is 5.92 Å². The van der Waals surface area contributed by atoms with Gasteiger partial charge in [0.25, 0.3) is 0 Å². The minimum Gasteiger partial charge on any atom is -0.496 e. The molecule has 1 fully saturated rings. The van der Waals surface area contributed by atoms with Crippen LogP contribution in [-0.2, 0) is 6.42 Å². The summed E-state index contributed by atoms with van der Waals surface area (Å²) in [6.45, 7) is 4.39. The summed E-state index contributed by atoms with van der Waals surface area (Å²) >= 11 is 0. The van der Waals surface area contributed by atoms with Crippen molar-refractivity contribution in [1.82, 2.24) is 5.32 Å². The number of hydrogen-bond acceptors (Lipinski definition) is 3. The van der Waals surface area contributed by atoms with E-state index in [1.807, 2.05) is 0 Å². The molecule has 1 aliphatic rings. The Morgan fingerprint density at radius 2 is 2.00 bits per heavy atom. The van der Waals surface area contributed by atoms with Gasteiger partial charge in [0.05, 0.1) is 14.2 Å². The SMILES string of the molecule is COc1cc(CCC2CCCNC2)c(OC)cc1C. The number of methoxy groups -OCH3 is 2. The van der Waals surface area contributed by atoms with Gasteiger partial charge in [-0.05, 0) is 74.9 Å². The lowest BCUT2D eigenvalue weighted by Gasteiger charge is -2.23.